The third kappa shape index (κ3) is 3.30. The Morgan fingerprint density at radius 3 is 2.52 bits per heavy atom. The van der Waals surface area contributed by atoms with Crippen LogP contribution in [0.3, 0.4) is 0 Å². The zero-order valence-electron chi connectivity index (χ0n) is 13.1. The zero-order chi connectivity index (χ0) is 15.5. The van der Waals surface area contributed by atoms with Crippen LogP contribution in [0.4, 0.5) is 0 Å². The van der Waals surface area contributed by atoms with Crippen LogP contribution in [0.25, 0.3) is 0 Å². The number of hydrogen-bond acceptors (Lipinski definition) is 5. The minimum absolute atomic E-state index is 0.339. The van der Waals surface area contributed by atoms with Crippen molar-refractivity contribution >= 4 is 0 Å². The van der Waals surface area contributed by atoms with E-state index in [-0.39, 0.29) is 0 Å². The monoisotopic (exact) mass is 311 g/mol. The maximum absolute atomic E-state index is 5.61. The van der Waals surface area contributed by atoms with Crippen molar-refractivity contribution in [3.8, 4) is 11.5 Å². The molecule has 0 amide bonds. The van der Waals surface area contributed by atoms with Crippen molar-refractivity contribution in [2.24, 2.45) is 0 Å². The average Bonchev–Trinajstić information content (AvgIpc) is 3.07. The predicted molar refractivity (Wildman–Crippen MR) is 87.4 cm³/mol. The van der Waals surface area contributed by atoms with Crippen LogP contribution < -0.4 is 9.47 Å². The summed E-state index contributed by atoms with van der Waals surface area (Å²) in [5.41, 5.74) is 2.51. The number of rotatable bonds is 4. The number of nitrogens with zero attached hydrogens (tertiary/aromatic N) is 3. The Labute approximate surface area is 136 Å². The van der Waals surface area contributed by atoms with Gasteiger partial charge in [-0.3, -0.25) is 14.8 Å². The first-order chi connectivity index (χ1) is 11.4. The lowest BCUT2D eigenvalue weighted by Crippen LogP contribution is -2.45. The van der Waals surface area contributed by atoms with Gasteiger partial charge in [-0.15, -0.1) is 0 Å². The smallest absolute Gasteiger partial charge is 0.231 e. The summed E-state index contributed by atoms with van der Waals surface area (Å²) >= 11 is 0. The molecule has 2 aromatic rings. The van der Waals surface area contributed by atoms with Gasteiger partial charge in [-0.25, -0.2) is 0 Å². The molecule has 0 saturated carbocycles. The van der Waals surface area contributed by atoms with Crippen LogP contribution in [0, 0.1) is 0 Å². The minimum atomic E-state index is 0.339. The molecule has 2 aliphatic heterocycles. The Bertz CT molecular complexity index is 655. The van der Waals surface area contributed by atoms with Crippen molar-refractivity contribution in [2.45, 2.75) is 13.1 Å². The van der Waals surface area contributed by atoms with Gasteiger partial charge in [0.05, 0.1) is 0 Å². The van der Waals surface area contributed by atoms with E-state index in [4.69, 9.17) is 9.47 Å². The van der Waals surface area contributed by atoms with E-state index >= 15 is 0 Å². The van der Waals surface area contributed by atoms with Crippen LogP contribution in [0.5, 0.6) is 11.5 Å². The fourth-order valence-electron chi connectivity index (χ4n) is 3.21. The van der Waals surface area contributed by atoms with Crippen molar-refractivity contribution in [1.29, 1.82) is 0 Å². The number of aromatic nitrogens is 1. The number of pyridine rings is 1. The summed E-state index contributed by atoms with van der Waals surface area (Å²) in [6, 6.07) is 10.3. The number of ether oxygens (including phenoxy) is 2. The molecular formula is C18H21N3O2. The summed E-state index contributed by atoms with van der Waals surface area (Å²) in [7, 11) is 0. The summed E-state index contributed by atoms with van der Waals surface area (Å²) in [6.07, 6.45) is 3.78. The van der Waals surface area contributed by atoms with Crippen LogP contribution in [0.2, 0.25) is 0 Å². The molecule has 1 aromatic carbocycles. The lowest BCUT2D eigenvalue weighted by molar-refractivity contribution is 0.120. The molecule has 1 saturated heterocycles. The standard InChI is InChI=1S/C18H21N3O2/c1-4-16(18-17(5-1)22-14-23-18)13-21-9-7-20(8-10-21)12-15-3-2-6-19-11-15/h1-6,11H,7-10,12-14H2. The van der Waals surface area contributed by atoms with E-state index in [1.54, 1.807) is 0 Å². The van der Waals surface area contributed by atoms with Crippen LogP contribution >= 0.6 is 0 Å². The van der Waals surface area contributed by atoms with Gasteiger partial charge in [-0.2, -0.15) is 0 Å². The number of para-hydroxylation sites is 1. The van der Waals surface area contributed by atoms with Crippen LogP contribution in [-0.4, -0.2) is 47.8 Å². The molecule has 5 heteroatoms. The molecule has 0 aliphatic carbocycles. The molecule has 1 fully saturated rings. The van der Waals surface area contributed by atoms with Crippen LogP contribution in [0.15, 0.2) is 42.7 Å². The van der Waals surface area contributed by atoms with Gasteiger partial charge >= 0.3 is 0 Å². The minimum Gasteiger partial charge on any atom is -0.454 e. The third-order valence-corrected chi connectivity index (χ3v) is 4.47. The van der Waals surface area contributed by atoms with E-state index in [2.05, 4.69) is 26.9 Å². The number of benzene rings is 1. The van der Waals surface area contributed by atoms with Crippen molar-refractivity contribution in [3.63, 3.8) is 0 Å². The second-order valence-corrected chi connectivity index (χ2v) is 6.06. The molecule has 3 heterocycles. The summed E-state index contributed by atoms with van der Waals surface area (Å²) in [5.74, 6) is 1.79. The first kappa shape index (κ1) is 14.5. The van der Waals surface area contributed by atoms with E-state index in [1.807, 2.05) is 30.6 Å². The van der Waals surface area contributed by atoms with Crippen LogP contribution in [0.1, 0.15) is 11.1 Å². The van der Waals surface area contributed by atoms with E-state index in [1.165, 1.54) is 11.1 Å². The quantitative estimate of drug-likeness (QED) is 0.865. The SMILES string of the molecule is c1cncc(CN2CCN(Cc3cccc4c3OCO4)CC2)c1. The van der Waals surface area contributed by atoms with E-state index in [0.717, 1.165) is 50.8 Å². The molecule has 0 radical (unpaired) electrons. The highest BCUT2D eigenvalue weighted by Crippen LogP contribution is 2.35. The Morgan fingerprint density at radius 2 is 1.74 bits per heavy atom. The average molecular weight is 311 g/mol. The molecule has 0 unspecified atom stereocenters. The molecule has 4 rings (SSSR count). The van der Waals surface area contributed by atoms with Crippen molar-refractivity contribution in [2.75, 3.05) is 33.0 Å². The van der Waals surface area contributed by atoms with Gasteiger partial charge in [-0.05, 0) is 17.7 Å². The number of fused-ring (bicyclic) bond motifs is 1. The lowest BCUT2D eigenvalue weighted by Gasteiger charge is -2.34. The van der Waals surface area contributed by atoms with Gasteiger partial charge in [0.2, 0.25) is 6.79 Å². The molecule has 0 N–H and O–H groups in total. The lowest BCUT2D eigenvalue weighted by atomic mass is 10.1. The first-order valence-electron chi connectivity index (χ1n) is 8.09. The van der Waals surface area contributed by atoms with Gasteiger partial charge in [0.1, 0.15) is 0 Å². The number of hydrogen-bond donors (Lipinski definition) is 0. The fourth-order valence-corrected chi connectivity index (χ4v) is 3.21. The predicted octanol–water partition coefficient (Wildman–Crippen LogP) is 2.13. The summed E-state index contributed by atoms with van der Waals surface area (Å²) in [4.78, 5) is 9.16. The van der Waals surface area contributed by atoms with Crippen LogP contribution in [-0.2, 0) is 13.1 Å². The zero-order valence-corrected chi connectivity index (χ0v) is 13.1. The fraction of sp³-hybridized carbons (Fsp3) is 0.389. The summed E-state index contributed by atoms with van der Waals surface area (Å²) < 4.78 is 11.1. The highest BCUT2D eigenvalue weighted by molar-refractivity contribution is 5.48. The molecule has 0 atom stereocenters. The molecule has 5 nitrogen and oxygen atoms in total. The molecule has 2 aliphatic rings. The van der Waals surface area contributed by atoms with Gasteiger partial charge in [0, 0.05) is 57.2 Å². The maximum Gasteiger partial charge on any atom is 0.231 e. The largest absolute Gasteiger partial charge is 0.454 e. The first-order valence-corrected chi connectivity index (χ1v) is 8.09. The number of piperazine rings is 1. The molecule has 0 bridgehead atoms. The Hall–Kier alpha value is -2.11. The highest BCUT2D eigenvalue weighted by Gasteiger charge is 2.21. The third-order valence-electron chi connectivity index (χ3n) is 4.47. The van der Waals surface area contributed by atoms with Gasteiger partial charge in [0.15, 0.2) is 11.5 Å². The molecule has 1 aromatic heterocycles. The van der Waals surface area contributed by atoms with E-state index in [0.29, 0.717) is 6.79 Å². The van der Waals surface area contributed by atoms with Crippen molar-refractivity contribution in [1.82, 2.24) is 14.8 Å². The molecule has 0 spiro atoms. The summed E-state index contributed by atoms with van der Waals surface area (Å²) in [6.45, 7) is 6.57. The van der Waals surface area contributed by atoms with E-state index in [9.17, 15) is 0 Å². The Kier molecular flexibility index (Phi) is 4.13. The Balaban J connectivity index is 1.33. The Morgan fingerprint density at radius 1 is 0.913 bits per heavy atom. The van der Waals surface area contributed by atoms with Crippen molar-refractivity contribution < 1.29 is 9.47 Å². The van der Waals surface area contributed by atoms with E-state index < -0.39 is 0 Å². The van der Waals surface area contributed by atoms with Crippen molar-refractivity contribution in [3.05, 3.63) is 53.9 Å². The van der Waals surface area contributed by atoms with Gasteiger partial charge in [-0.1, -0.05) is 18.2 Å². The second-order valence-electron chi connectivity index (χ2n) is 6.06. The topological polar surface area (TPSA) is 37.8 Å². The van der Waals surface area contributed by atoms with Gasteiger partial charge in [0.25, 0.3) is 0 Å². The molecular weight excluding hydrogens is 290 g/mol. The highest BCUT2D eigenvalue weighted by atomic mass is 16.7. The normalized spacial score (nSPS) is 18.3. The van der Waals surface area contributed by atoms with Gasteiger partial charge < -0.3 is 9.47 Å². The molecule has 23 heavy (non-hydrogen) atoms. The second kappa shape index (κ2) is 6.56. The molecule has 120 valence electrons. The maximum atomic E-state index is 5.61. The summed E-state index contributed by atoms with van der Waals surface area (Å²) in [5, 5.41) is 0.